The molecule has 2 atom stereocenters. The summed E-state index contributed by atoms with van der Waals surface area (Å²) >= 11 is 0. The fourth-order valence-electron chi connectivity index (χ4n) is 5.93. The van der Waals surface area contributed by atoms with E-state index in [9.17, 15) is 9.59 Å². The molecule has 39 heavy (non-hydrogen) atoms. The van der Waals surface area contributed by atoms with Gasteiger partial charge in [0.2, 0.25) is 17.6 Å². The molecule has 2 aromatic carbocycles. The highest BCUT2D eigenvalue weighted by molar-refractivity contribution is 5.98. The molecule has 5 rings (SSSR count). The van der Waals surface area contributed by atoms with Gasteiger partial charge in [-0.25, -0.2) is 0 Å². The number of piperidine rings is 2. The van der Waals surface area contributed by atoms with Crippen molar-refractivity contribution in [2.75, 3.05) is 59.6 Å². The Kier molecular flexibility index (Phi) is 7.86. The van der Waals surface area contributed by atoms with Crippen LogP contribution in [0.5, 0.6) is 23.0 Å². The minimum absolute atomic E-state index is 0.0219. The summed E-state index contributed by atoms with van der Waals surface area (Å²) in [6.07, 6.45) is 1.95. The van der Waals surface area contributed by atoms with Gasteiger partial charge >= 0.3 is 0 Å². The van der Waals surface area contributed by atoms with Crippen LogP contribution in [0.25, 0.3) is 0 Å². The Hall–Kier alpha value is -3.50. The first-order chi connectivity index (χ1) is 18.9. The Morgan fingerprint density at radius 3 is 2.05 bits per heavy atom. The second kappa shape index (κ2) is 11.3. The number of likely N-dealkylation sites (tertiary alicyclic amines) is 1. The van der Waals surface area contributed by atoms with Gasteiger partial charge in [-0.3, -0.25) is 9.59 Å². The summed E-state index contributed by atoms with van der Waals surface area (Å²) in [5.74, 6) is 0.903. The maximum Gasteiger partial charge on any atom is 0.228 e. The summed E-state index contributed by atoms with van der Waals surface area (Å²) in [6.45, 7) is 2.26. The maximum absolute atomic E-state index is 14.1. The second-order valence-corrected chi connectivity index (χ2v) is 9.94. The van der Waals surface area contributed by atoms with Crippen LogP contribution in [0.1, 0.15) is 37.3 Å². The molecule has 3 fully saturated rings. The number of anilines is 1. The Labute approximate surface area is 228 Å². The van der Waals surface area contributed by atoms with Gasteiger partial charge < -0.3 is 38.2 Å². The summed E-state index contributed by atoms with van der Waals surface area (Å²) in [5, 5.41) is 0. The Bertz CT molecular complexity index is 1160. The molecule has 0 N–H and O–H groups in total. The average Bonchev–Trinajstić information content (AvgIpc) is 3.43. The van der Waals surface area contributed by atoms with E-state index < -0.39 is 17.7 Å². The van der Waals surface area contributed by atoms with E-state index in [1.165, 1.54) is 21.3 Å². The minimum atomic E-state index is -0.572. The lowest BCUT2D eigenvalue weighted by atomic mass is 9.82. The molecular formula is C29H36N2O8. The Balaban J connectivity index is 1.53. The number of carbonyl (C=O) groups excluding carboxylic acids is 2. The van der Waals surface area contributed by atoms with Crippen LogP contribution in [0.15, 0.2) is 36.4 Å². The first-order valence-electron chi connectivity index (χ1n) is 13.3. The van der Waals surface area contributed by atoms with Gasteiger partial charge in [0.05, 0.1) is 59.3 Å². The molecule has 2 aromatic rings. The van der Waals surface area contributed by atoms with Gasteiger partial charge in [0.1, 0.15) is 5.75 Å². The van der Waals surface area contributed by atoms with Gasteiger partial charge in [-0.05, 0) is 24.1 Å². The first-order valence-corrected chi connectivity index (χ1v) is 13.3. The van der Waals surface area contributed by atoms with Crippen molar-refractivity contribution < 1.29 is 38.0 Å². The highest BCUT2D eigenvalue weighted by atomic mass is 16.7. The monoisotopic (exact) mass is 540 g/mol. The van der Waals surface area contributed by atoms with E-state index in [2.05, 4.69) is 0 Å². The van der Waals surface area contributed by atoms with Crippen molar-refractivity contribution in [2.24, 2.45) is 5.92 Å². The quantitative estimate of drug-likeness (QED) is 0.526. The highest BCUT2D eigenvalue weighted by Crippen LogP contribution is 2.47. The topological polar surface area (TPSA) is 96.0 Å². The molecule has 3 saturated heterocycles. The average molecular weight is 541 g/mol. The zero-order valence-corrected chi connectivity index (χ0v) is 22.9. The van der Waals surface area contributed by atoms with E-state index >= 15 is 0 Å². The Morgan fingerprint density at radius 1 is 0.897 bits per heavy atom. The van der Waals surface area contributed by atoms with E-state index in [1.807, 2.05) is 29.2 Å². The number of hydrogen-bond acceptors (Lipinski definition) is 8. The molecule has 3 aliphatic rings. The van der Waals surface area contributed by atoms with Crippen molar-refractivity contribution in [3.8, 4) is 23.0 Å². The van der Waals surface area contributed by atoms with Crippen LogP contribution in [0.4, 0.5) is 5.69 Å². The van der Waals surface area contributed by atoms with Gasteiger partial charge in [-0.15, -0.1) is 0 Å². The van der Waals surface area contributed by atoms with Crippen LogP contribution in [0, 0.1) is 5.92 Å². The van der Waals surface area contributed by atoms with E-state index in [1.54, 1.807) is 24.1 Å². The molecule has 3 aliphatic heterocycles. The molecule has 0 unspecified atom stereocenters. The van der Waals surface area contributed by atoms with E-state index in [0.717, 1.165) is 5.56 Å². The molecule has 0 saturated carbocycles. The van der Waals surface area contributed by atoms with Crippen molar-refractivity contribution in [3.63, 3.8) is 0 Å². The molecule has 2 amide bonds. The fraction of sp³-hybridized carbons (Fsp3) is 0.517. The summed E-state index contributed by atoms with van der Waals surface area (Å²) in [4.78, 5) is 31.3. The number of hydrogen-bond donors (Lipinski definition) is 0. The number of carbonyl (C=O) groups is 2. The summed E-state index contributed by atoms with van der Waals surface area (Å²) in [6, 6.07) is 10.5. The normalized spacial score (nSPS) is 22.6. The largest absolute Gasteiger partial charge is 0.497 e. The summed E-state index contributed by atoms with van der Waals surface area (Å²) in [5.41, 5.74) is 1.41. The molecule has 0 aliphatic carbocycles. The van der Waals surface area contributed by atoms with E-state index in [0.29, 0.717) is 74.3 Å². The lowest BCUT2D eigenvalue weighted by molar-refractivity contribution is -0.188. The van der Waals surface area contributed by atoms with Crippen molar-refractivity contribution in [1.82, 2.24) is 4.90 Å². The molecule has 1 spiro atoms. The van der Waals surface area contributed by atoms with Gasteiger partial charge in [0, 0.05) is 44.5 Å². The number of rotatable bonds is 7. The van der Waals surface area contributed by atoms with Crippen LogP contribution in [-0.2, 0) is 19.1 Å². The predicted octanol–water partition coefficient (Wildman–Crippen LogP) is 3.57. The van der Waals surface area contributed by atoms with Crippen LogP contribution in [-0.4, -0.2) is 77.2 Å². The standard InChI is InChI=1S/C29H36N2O8/c1-34-21-7-5-19(6-8-21)26-22(28(33)30-13-11-29(12-14-30)38-15-16-39-29)9-10-25(32)31(26)20-17-23(35-2)27(37-4)24(18-20)36-3/h5-8,17-18,22,26H,9-16H2,1-4H3/t22-,26-/m0/s1. The van der Waals surface area contributed by atoms with Gasteiger partial charge in [-0.2, -0.15) is 0 Å². The maximum atomic E-state index is 14.1. The molecule has 0 aromatic heterocycles. The number of benzene rings is 2. The third-order valence-corrected chi connectivity index (χ3v) is 7.95. The summed E-state index contributed by atoms with van der Waals surface area (Å²) < 4.78 is 33.7. The molecule has 10 heteroatoms. The molecule has 10 nitrogen and oxygen atoms in total. The molecule has 0 radical (unpaired) electrons. The lowest BCUT2D eigenvalue weighted by Crippen LogP contribution is -2.53. The molecule has 210 valence electrons. The van der Waals surface area contributed by atoms with Crippen molar-refractivity contribution >= 4 is 17.5 Å². The fourth-order valence-corrected chi connectivity index (χ4v) is 5.93. The number of amides is 2. The lowest BCUT2D eigenvalue weighted by Gasteiger charge is -2.44. The third kappa shape index (κ3) is 5.10. The van der Waals surface area contributed by atoms with Crippen molar-refractivity contribution in [3.05, 3.63) is 42.0 Å². The van der Waals surface area contributed by atoms with Gasteiger partial charge in [0.25, 0.3) is 0 Å². The van der Waals surface area contributed by atoms with Crippen LogP contribution in [0.2, 0.25) is 0 Å². The third-order valence-electron chi connectivity index (χ3n) is 7.95. The second-order valence-electron chi connectivity index (χ2n) is 9.94. The molecular weight excluding hydrogens is 504 g/mol. The van der Waals surface area contributed by atoms with Crippen LogP contribution < -0.4 is 23.8 Å². The predicted molar refractivity (Wildman–Crippen MR) is 142 cm³/mol. The molecule has 3 heterocycles. The van der Waals surface area contributed by atoms with Crippen molar-refractivity contribution in [2.45, 2.75) is 37.5 Å². The van der Waals surface area contributed by atoms with E-state index in [4.69, 9.17) is 28.4 Å². The van der Waals surface area contributed by atoms with Crippen LogP contribution >= 0.6 is 0 Å². The van der Waals surface area contributed by atoms with Gasteiger partial charge in [-0.1, -0.05) is 12.1 Å². The number of ether oxygens (including phenoxy) is 6. The van der Waals surface area contributed by atoms with Crippen molar-refractivity contribution in [1.29, 1.82) is 0 Å². The minimum Gasteiger partial charge on any atom is -0.497 e. The Morgan fingerprint density at radius 2 is 1.51 bits per heavy atom. The first kappa shape index (κ1) is 27.1. The SMILES string of the molecule is COc1ccc([C@H]2[C@@H](C(=O)N3CCC4(CC3)OCCO4)CCC(=O)N2c2cc(OC)c(OC)c(OC)c2)cc1. The number of methoxy groups -OCH3 is 4. The summed E-state index contributed by atoms with van der Waals surface area (Å²) in [7, 11) is 6.21. The van der Waals surface area contributed by atoms with E-state index in [-0.39, 0.29) is 18.2 Å². The zero-order valence-electron chi connectivity index (χ0n) is 22.9. The highest BCUT2D eigenvalue weighted by Gasteiger charge is 2.46. The zero-order chi connectivity index (χ0) is 27.6. The molecule has 0 bridgehead atoms. The van der Waals surface area contributed by atoms with Crippen LogP contribution in [0.3, 0.4) is 0 Å². The smallest absolute Gasteiger partial charge is 0.228 e. The van der Waals surface area contributed by atoms with Gasteiger partial charge in [0.15, 0.2) is 17.3 Å². The number of nitrogens with zero attached hydrogens (tertiary/aromatic N) is 2.